The van der Waals surface area contributed by atoms with Crippen LogP contribution in [0.4, 0.5) is 0 Å². The number of rotatable bonds is 1. The number of carboxylic acid groups (broad SMARTS) is 1. The third-order valence-electron chi connectivity index (χ3n) is 1.54. The molecule has 0 spiro atoms. The topological polar surface area (TPSA) is 53.9 Å². The van der Waals surface area contributed by atoms with Gasteiger partial charge in [-0.2, -0.15) is 12.6 Å². The van der Waals surface area contributed by atoms with Crippen molar-refractivity contribution in [2.75, 3.05) is 6.54 Å². The first kappa shape index (κ1) is 6.89. The maximum atomic E-state index is 10.3. The molecule has 3 nitrogen and oxygen atoms in total. The van der Waals surface area contributed by atoms with Gasteiger partial charge in [-0.1, -0.05) is 0 Å². The highest BCUT2D eigenvalue weighted by atomic mass is 32.1. The van der Waals surface area contributed by atoms with Gasteiger partial charge in [-0.15, -0.1) is 0 Å². The van der Waals surface area contributed by atoms with Gasteiger partial charge < -0.3 is 10.4 Å². The fourth-order valence-corrected chi connectivity index (χ4v) is 1.36. The molecule has 0 amide bonds. The van der Waals surface area contributed by atoms with E-state index < -0.39 is 5.97 Å². The predicted molar refractivity (Wildman–Crippen MR) is 35.6 cm³/mol. The van der Waals surface area contributed by atoms with Crippen molar-refractivity contribution >= 4 is 18.6 Å². The van der Waals surface area contributed by atoms with E-state index in [1.165, 1.54) is 0 Å². The van der Waals surface area contributed by atoms with E-state index >= 15 is 0 Å². The van der Waals surface area contributed by atoms with Crippen molar-refractivity contribution in [1.29, 1.82) is 0 Å². The first-order valence-corrected chi connectivity index (χ1v) is 3.46. The van der Waals surface area contributed by atoms with Crippen LogP contribution >= 0.6 is 12.6 Å². The highest BCUT2D eigenvalue weighted by molar-refractivity contribution is 7.81. The second kappa shape index (κ2) is 2.58. The molecule has 1 fully saturated rings. The van der Waals surface area contributed by atoms with Crippen LogP contribution in [0.3, 0.4) is 0 Å². The minimum atomic E-state index is -0.716. The van der Waals surface area contributed by atoms with Crippen LogP contribution in [-0.2, 0) is 4.79 Å². The van der Waals surface area contributed by atoms with Gasteiger partial charge in [0.15, 0.2) is 6.04 Å². The highest BCUT2D eigenvalue weighted by Gasteiger charge is 2.30. The van der Waals surface area contributed by atoms with Crippen molar-refractivity contribution in [2.45, 2.75) is 17.7 Å². The summed E-state index contributed by atoms with van der Waals surface area (Å²) in [7, 11) is 0. The average Bonchev–Trinajstić information content (AvgIpc) is 2.14. The van der Waals surface area contributed by atoms with Gasteiger partial charge in [0, 0.05) is 6.42 Å². The summed E-state index contributed by atoms with van der Waals surface area (Å²) in [6.07, 6.45) is 0.693. The summed E-state index contributed by atoms with van der Waals surface area (Å²) in [5, 5.41) is 10.6. The lowest BCUT2D eigenvalue weighted by Gasteiger charge is -1.96. The summed E-state index contributed by atoms with van der Waals surface area (Å²) in [4.78, 5) is 10.3. The lowest BCUT2D eigenvalue weighted by atomic mass is 10.2. The first-order valence-electron chi connectivity index (χ1n) is 2.94. The quantitative estimate of drug-likeness (QED) is 0.405. The van der Waals surface area contributed by atoms with E-state index in [2.05, 4.69) is 12.6 Å². The third-order valence-corrected chi connectivity index (χ3v) is 1.96. The molecule has 2 atom stereocenters. The van der Waals surface area contributed by atoms with Crippen molar-refractivity contribution in [1.82, 2.24) is 0 Å². The number of aliphatic carboxylic acids is 1. The van der Waals surface area contributed by atoms with Crippen LogP contribution in [0, 0.1) is 0 Å². The van der Waals surface area contributed by atoms with Crippen LogP contribution in [0.5, 0.6) is 0 Å². The second-order valence-corrected chi connectivity index (χ2v) is 3.04. The molecule has 0 bridgehead atoms. The number of carboxylic acids is 1. The van der Waals surface area contributed by atoms with Gasteiger partial charge in [0.25, 0.3) is 0 Å². The number of hydrogen-bond donors (Lipinski definition) is 3. The first-order chi connectivity index (χ1) is 4.20. The van der Waals surface area contributed by atoms with Gasteiger partial charge in [0.1, 0.15) is 0 Å². The molecule has 1 saturated heterocycles. The number of quaternary nitrogens is 1. The largest absolute Gasteiger partial charge is 0.477 e. The number of carbonyl (C=O) groups is 1. The molecule has 0 saturated carbocycles. The Morgan fingerprint density at radius 1 is 1.78 bits per heavy atom. The van der Waals surface area contributed by atoms with E-state index in [1.54, 1.807) is 0 Å². The van der Waals surface area contributed by atoms with E-state index in [9.17, 15) is 4.79 Å². The van der Waals surface area contributed by atoms with Gasteiger partial charge in [-0.3, -0.25) is 0 Å². The van der Waals surface area contributed by atoms with Crippen LogP contribution < -0.4 is 5.32 Å². The van der Waals surface area contributed by atoms with Crippen molar-refractivity contribution in [3.8, 4) is 0 Å². The van der Waals surface area contributed by atoms with Gasteiger partial charge in [-0.25, -0.2) is 4.79 Å². The zero-order chi connectivity index (χ0) is 6.85. The summed E-state index contributed by atoms with van der Waals surface area (Å²) in [6, 6.07) is -0.243. The Bertz CT molecular complexity index is 128. The summed E-state index contributed by atoms with van der Waals surface area (Å²) in [6.45, 7) is 0.833. The fourth-order valence-electron chi connectivity index (χ4n) is 1.01. The van der Waals surface area contributed by atoms with E-state index in [1.807, 2.05) is 5.32 Å². The molecule has 0 aromatic carbocycles. The molecule has 52 valence electrons. The Hall–Kier alpha value is -0.220. The molecule has 0 aromatic heterocycles. The Balaban J connectivity index is 2.39. The summed E-state index contributed by atoms with van der Waals surface area (Å²) < 4.78 is 0. The highest BCUT2D eigenvalue weighted by Crippen LogP contribution is 2.05. The second-order valence-electron chi connectivity index (χ2n) is 2.31. The molecular formula is C5H10NO2S+. The van der Waals surface area contributed by atoms with Crippen molar-refractivity contribution in [2.24, 2.45) is 0 Å². The van der Waals surface area contributed by atoms with Gasteiger partial charge in [0.2, 0.25) is 0 Å². The number of thiol groups is 1. The zero-order valence-electron chi connectivity index (χ0n) is 4.95. The maximum Gasteiger partial charge on any atom is 0.362 e. The molecule has 1 rings (SSSR count). The molecule has 1 heterocycles. The van der Waals surface area contributed by atoms with Crippen molar-refractivity contribution in [3.63, 3.8) is 0 Å². The normalized spacial score (nSPS) is 34.8. The molecule has 4 heteroatoms. The molecule has 1 aliphatic heterocycles. The van der Waals surface area contributed by atoms with Gasteiger partial charge >= 0.3 is 5.97 Å². The molecule has 0 radical (unpaired) electrons. The van der Waals surface area contributed by atoms with Gasteiger partial charge in [0.05, 0.1) is 11.8 Å². The molecular weight excluding hydrogens is 138 g/mol. The fraction of sp³-hybridized carbons (Fsp3) is 0.800. The molecule has 0 unspecified atom stereocenters. The Kier molecular flexibility index (Phi) is 1.97. The maximum absolute atomic E-state index is 10.3. The average molecular weight is 148 g/mol. The molecule has 9 heavy (non-hydrogen) atoms. The number of nitrogens with two attached hydrogens (primary N) is 1. The van der Waals surface area contributed by atoms with Crippen molar-refractivity contribution < 1.29 is 15.2 Å². The van der Waals surface area contributed by atoms with E-state index in [0.717, 1.165) is 6.54 Å². The lowest BCUT2D eigenvalue weighted by molar-refractivity contribution is -0.658. The van der Waals surface area contributed by atoms with Gasteiger partial charge in [-0.05, 0) is 0 Å². The predicted octanol–water partition coefficient (Wildman–Crippen LogP) is -1.29. The summed E-state index contributed by atoms with van der Waals surface area (Å²) in [5.74, 6) is -0.716. The van der Waals surface area contributed by atoms with Crippen molar-refractivity contribution in [3.05, 3.63) is 0 Å². The van der Waals surface area contributed by atoms with Crippen LogP contribution in [0.25, 0.3) is 0 Å². The Morgan fingerprint density at radius 2 is 2.44 bits per heavy atom. The van der Waals surface area contributed by atoms with E-state index in [4.69, 9.17) is 5.11 Å². The Morgan fingerprint density at radius 3 is 2.67 bits per heavy atom. The summed E-state index contributed by atoms with van der Waals surface area (Å²) >= 11 is 4.15. The van der Waals surface area contributed by atoms with E-state index in [0.29, 0.717) is 6.42 Å². The zero-order valence-corrected chi connectivity index (χ0v) is 5.84. The van der Waals surface area contributed by atoms with Crippen LogP contribution in [0.15, 0.2) is 0 Å². The molecule has 0 aromatic rings. The molecule has 3 N–H and O–H groups in total. The van der Waals surface area contributed by atoms with Crippen LogP contribution in [0.2, 0.25) is 0 Å². The SMILES string of the molecule is O=C(O)[C@@H]1C[C@@H](S)C[NH2+]1. The lowest BCUT2D eigenvalue weighted by Crippen LogP contribution is -2.88. The monoisotopic (exact) mass is 148 g/mol. The summed E-state index contributed by atoms with van der Waals surface area (Å²) in [5.41, 5.74) is 0. The smallest absolute Gasteiger partial charge is 0.362 e. The standard InChI is InChI=1S/C5H9NO2S/c7-5(8)4-1-3(9)2-6-4/h3-4,6,9H,1-2H2,(H,7,8)/p+1/t3-,4+/m1/s1. The van der Waals surface area contributed by atoms with Crippen LogP contribution in [0.1, 0.15) is 6.42 Å². The van der Waals surface area contributed by atoms with Crippen LogP contribution in [-0.4, -0.2) is 28.9 Å². The molecule has 1 aliphatic rings. The molecule has 0 aliphatic carbocycles. The number of hydrogen-bond acceptors (Lipinski definition) is 2. The minimum Gasteiger partial charge on any atom is -0.477 e. The minimum absolute atomic E-state index is 0.243. The van der Waals surface area contributed by atoms with E-state index in [-0.39, 0.29) is 11.3 Å². The Labute approximate surface area is 58.9 Å². The third kappa shape index (κ3) is 1.59.